The van der Waals surface area contributed by atoms with Gasteiger partial charge in [0.2, 0.25) is 5.91 Å². The number of piperazine rings is 1. The van der Waals surface area contributed by atoms with Gasteiger partial charge in [-0.05, 0) is 6.07 Å². The maximum absolute atomic E-state index is 12.9. The molecule has 2 heterocycles. The molecule has 1 fully saturated rings. The molecule has 0 radical (unpaired) electrons. The molecule has 1 aliphatic heterocycles. The molecule has 23 heavy (non-hydrogen) atoms. The number of nitrogens with zero attached hydrogens (tertiary/aromatic N) is 3. The lowest BCUT2D eigenvalue weighted by atomic mass is 10.1. The van der Waals surface area contributed by atoms with Gasteiger partial charge >= 0.3 is 6.18 Å². The molecule has 10 heteroatoms. The Labute approximate surface area is 136 Å². The summed E-state index contributed by atoms with van der Waals surface area (Å²) in [7, 11) is 0. The predicted molar refractivity (Wildman–Crippen MR) is 78.0 cm³/mol. The zero-order valence-electron chi connectivity index (χ0n) is 12.0. The number of hydrogen-bond donors (Lipinski definition) is 1. The molecule has 1 saturated heterocycles. The molecule has 0 saturated carbocycles. The fraction of sp³-hybridized carbons (Fsp3) is 0.462. The summed E-state index contributed by atoms with van der Waals surface area (Å²) in [6.07, 6.45) is -2.70. The number of pyridine rings is 1. The Hall–Kier alpha value is -1.87. The normalized spacial score (nSPS) is 15.1. The van der Waals surface area contributed by atoms with E-state index in [2.05, 4.69) is 4.98 Å². The summed E-state index contributed by atoms with van der Waals surface area (Å²) in [5.74, 6) is -0.982. The summed E-state index contributed by atoms with van der Waals surface area (Å²) in [6, 6.07) is 0.779. The van der Waals surface area contributed by atoms with Gasteiger partial charge in [0.25, 0.3) is 5.91 Å². The van der Waals surface area contributed by atoms with Crippen LogP contribution in [0.1, 0.15) is 15.9 Å². The molecule has 2 amide bonds. The molecule has 128 valence electrons. The van der Waals surface area contributed by atoms with Gasteiger partial charge in [0.1, 0.15) is 0 Å². The van der Waals surface area contributed by atoms with Crippen LogP contribution in [0.25, 0.3) is 0 Å². The Morgan fingerprint density at radius 3 is 2.26 bits per heavy atom. The molecule has 0 aliphatic carbocycles. The third kappa shape index (κ3) is 4.32. The number of hydrogen-bond acceptors (Lipinski definition) is 4. The maximum atomic E-state index is 12.9. The summed E-state index contributed by atoms with van der Waals surface area (Å²) >= 11 is 0. The van der Waals surface area contributed by atoms with E-state index in [1.54, 1.807) is 0 Å². The van der Waals surface area contributed by atoms with Gasteiger partial charge in [-0.2, -0.15) is 13.2 Å². The van der Waals surface area contributed by atoms with E-state index in [0.29, 0.717) is 0 Å². The Morgan fingerprint density at radius 1 is 1.17 bits per heavy atom. The molecule has 6 nitrogen and oxygen atoms in total. The van der Waals surface area contributed by atoms with Crippen LogP contribution in [-0.4, -0.2) is 59.3 Å². The lowest BCUT2D eigenvalue weighted by Crippen LogP contribution is -2.52. The second-order valence-electron chi connectivity index (χ2n) is 4.80. The number of nitrogens with two attached hydrogens (primary N) is 1. The van der Waals surface area contributed by atoms with E-state index in [4.69, 9.17) is 5.73 Å². The molecule has 0 bridgehead atoms. The Bertz CT molecular complexity index is 575. The van der Waals surface area contributed by atoms with Crippen molar-refractivity contribution in [3.05, 3.63) is 29.6 Å². The summed E-state index contributed by atoms with van der Waals surface area (Å²) < 4.78 is 38.8. The number of alkyl halides is 3. The number of carbonyl (C=O) groups is 2. The van der Waals surface area contributed by atoms with Crippen LogP contribution in [0.4, 0.5) is 13.2 Å². The van der Waals surface area contributed by atoms with E-state index < -0.39 is 23.2 Å². The Morgan fingerprint density at radius 2 is 1.74 bits per heavy atom. The SMILES string of the molecule is Cl.NCC(=O)N1CCN(C(=O)c2cnccc2C(F)(F)F)CC1. The topological polar surface area (TPSA) is 79.5 Å². The van der Waals surface area contributed by atoms with Crippen LogP contribution in [0.2, 0.25) is 0 Å². The standard InChI is InChI=1S/C13H15F3N4O2.ClH/c14-13(15,16)10-1-2-18-8-9(10)12(22)20-5-3-19(4-6-20)11(21)7-17;/h1-2,8H,3-7,17H2;1H. The van der Waals surface area contributed by atoms with Crippen molar-refractivity contribution in [1.82, 2.24) is 14.8 Å². The number of aromatic nitrogens is 1. The van der Waals surface area contributed by atoms with Gasteiger partial charge in [-0.1, -0.05) is 0 Å². The summed E-state index contributed by atoms with van der Waals surface area (Å²) in [5, 5.41) is 0. The summed E-state index contributed by atoms with van der Waals surface area (Å²) in [5.41, 5.74) is 3.77. The number of halogens is 4. The quantitative estimate of drug-likeness (QED) is 0.852. The first-order valence-corrected chi connectivity index (χ1v) is 6.63. The Kier molecular flexibility index (Phi) is 6.34. The maximum Gasteiger partial charge on any atom is 0.417 e. The van der Waals surface area contributed by atoms with Crippen molar-refractivity contribution in [3.63, 3.8) is 0 Å². The second-order valence-corrected chi connectivity index (χ2v) is 4.80. The first-order chi connectivity index (χ1) is 10.3. The first kappa shape index (κ1) is 19.2. The molecule has 2 N–H and O–H groups in total. The van der Waals surface area contributed by atoms with E-state index in [9.17, 15) is 22.8 Å². The Balaban J connectivity index is 0.00000264. The van der Waals surface area contributed by atoms with Crippen molar-refractivity contribution in [2.24, 2.45) is 5.73 Å². The van der Waals surface area contributed by atoms with Gasteiger partial charge in [0.05, 0.1) is 17.7 Å². The average Bonchev–Trinajstić information content (AvgIpc) is 2.52. The van der Waals surface area contributed by atoms with Crippen molar-refractivity contribution in [3.8, 4) is 0 Å². The minimum atomic E-state index is -4.62. The zero-order chi connectivity index (χ0) is 16.3. The van der Waals surface area contributed by atoms with E-state index in [0.717, 1.165) is 18.5 Å². The van der Waals surface area contributed by atoms with Crippen LogP contribution in [0, 0.1) is 0 Å². The van der Waals surface area contributed by atoms with Gasteiger partial charge < -0.3 is 15.5 Å². The van der Waals surface area contributed by atoms with Crippen molar-refractivity contribution < 1.29 is 22.8 Å². The van der Waals surface area contributed by atoms with E-state index in [1.165, 1.54) is 9.80 Å². The molecule has 0 atom stereocenters. The van der Waals surface area contributed by atoms with Gasteiger partial charge in [-0.25, -0.2) is 0 Å². The van der Waals surface area contributed by atoms with Crippen LogP contribution < -0.4 is 5.73 Å². The smallest absolute Gasteiger partial charge is 0.338 e. The van der Waals surface area contributed by atoms with Crippen molar-refractivity contribution in [2.45, 2.75) is 6.18 Å². The highest BCUT2D eigenvalue weighted by Crippen LogP contribution is 2.32. The lowest BCUT2D eigenvalue weighted by molar-refractivity contribution is -0.138. The van der Waals surface area contributed by atoms with Crippen LogP contribution in [0.5, 0.6) is 0 Å². The van der Waals surface area contributed by atoms with Crippen molar-refractivity contribution >= 4 is 24.2 Å². The van der Waals surface area contributed by atoms with Crippen LogP contribution in [0.15, 0.2) is 18.5 Å². The lowest BCUT2D eigenvalue weighted by Gasteiger charge is -2.34. The number of carbonyl (C=O) groups excluding carboxylic acids is 2. The van der Waals surface area contributed by atoms with Gasteiger partial charge in [0.15, 0.2) is 0 Å². The number of amides is 2. The predicted octanol–water partition coefficient (Wildman–Crippen LogP) is 0.765. The van der Waals surface area contributed by atoms with Gasteiger partial charge in [0, 0.05) is 38.6 Å². The highest BCUT2D eigenvalue weighted by Gasteiger charge is 2.36. The molecular formula is C13H16ClF3N4O2. The molecule has 0 spiro atoms. The zero-order valence-corrected chi connectivity index (χ0v) is 12.9. The van der Waals surface area contributed by atoms with Crippen LogP contribution in [0.3, 0.4) is 0 Å². The van der Waals surface area contributed by atoms with Gasteiger partial charge in [-0.3, -0.25) is 14.6 Å². The third-order valence-corrected chi connectivity index (χ3v) is 3.45. The first-order valence-electron chi connectivity index (χ1n) is 6.63. The highest BCUT2D eigenvalue weighted by atomic mass is 35.5. The fourth-order valence-corrected chi connectivity index (χ4v) is 2.27. The largest absolute Gasteiger partial charge is 0.417 e. The van der Waals surface area contributed by atoms with E-state index in [-0.39, 0.29) is 51.0 Å². The molecular weight excluding hydrogens is 337 g/mol. The van der Waals surface area contributed by atoms with Crippen molar-refractivity contribution in [1.29, 1.82) is 0 Å². The van der Waals surface area contributed by atoms with E-state index >= 15 is 0 Å². The molecule has 0 unspecified atom stereocenters. The average molecular weight is 353 g/mol. The number of rotatable bonds is 2. The molecule has 1 aliphatic rings. The molecule has 2 rings (SSSR count). The third-order valence-electron chi connectivity index (χ3n) is 3.45. The highest BCUT2D eigenvalue weighted by molar-refractivity contribution is 5.95. The van der Waals surface area contributed by atoms with Crippen molar-refractivity contribution in [2.75, 3.05) is 32.7 Å². The minimum absolute atomic E-state index is 0. The minimum Gasteiger partial charge on any atom is -0.338 e. The second kappa shape index (κ2) is 7.60. The monoisotopic (exact) mass is 352 g/mol. The van der Waals surface area contributed by atoms with Gasteiger partial charge in [-0.15, -0.1) is 12.4 Å². The molecule has 0 aromatic carbocycles. The summed E-state index contributed by atoms with van der Waals surface area (Å²) in [4.78, 5) is 30.1. The molecule has 1 aromatic rings. The van der Waals surface area contributed by atoms with E-state index in [1.807, 2.05) is 0 Å². The van der Waals surface area contributed by atoms with Crippen LogP contribution >= 0.6 is 12.4 Å². The van der Waals surface area contributed by atoms with Crippen LogP contribution in [-0.2, 0) is 11.0 Å². The summed E-state index contributed by atoms with van der Waals surface area (Å²) in [6.45, 7) is 0.703. The fourth-order valence-electron chi connectivity index (χ4n) is 2.27. The molecule has 1 aromatic heterocycles.